The summed E-state index contributed by atoms with van der Waals surface area (Å²) in [5, 5.41) is 6.78. The Bertz CT molecular complexity index is 1520. The lowest BCUT2D eigenvalue weighted by atomic mass is 9.79. The van der Waals surface area contributed by atoms with Crippen LogP contribution >= 0.6 is 0 Å². The molecule has 2 saturated heterocycles. The third kappa shape index (κ3) is 6.94. The largest absolute Gasteiger partial charge is 0.476 e. The van der Waals surface area contributed by atoms with Crippen LogP contribution in [0.4, 0.5) is 11.4 Å². The molecule has 0 bridgehead atoms. The van der Waals surface area contributed by atoms with E-state index in [1.165, 1.54) is 0 Å². The minimum absolute atomic E-state index is 0.00990. The Morgan fingerprint density at radius 2 is 1.75 bits per heavy atom. The second-order valence-corrected chi connectivity index (χ2v) is 14.2. The minimum atomic E-state index is -1.000. The van der Waals surface area contributed by atoms with Crippen molar-refractivity contribution in [2.75, 3.05) is 56.2 Å². The third-order valence-corrected chi connectivity index (χ3v) is 10.3. The highest BCUT2D eigenvalue weighted by Gasteiger charge is 2.45. The number of likely N-dealkylation sites (tertiary alicyclic amines) is 1. The molecule has 3 aliphatic heterocycles. The number of hydrogen-bond donors (Lipinski definition) is 2. The number of carbonyl (C=O) groups is 4. The van der Waals surface area contributed by atoms with Gasteiger partial charge in [0.25, 0.3) is 5.91 Å². The summed E-state index contributed by atoms with van der Waals surface area (Å²) < 4.78 is 11.4. The number of hydrogen-bond acceptors (Lipinski definition) is 7. The van der Waals surface area contributed by atoms with Crippen molar-refractivity contribution >= 4 is 35.0 Å². The van der Waals surface area contributed by atoms with E-state index in [-0.39, 0.29) is 41.5 Å². The van der Waals surface area contributed by atoms with E-state index in [0.717, 1.165) is 24.1 Å². The lowest BCUT2D eigenvalue weighted by Crippen LogP contribution is -2.57. The lowest BCUT2D eigenvalue weighted by molar-refractivity contribution is -0.133. The van der Waals surface area contributed by atoms with Crippen molar-refractivity contribution in [2.24, 2.45) is 11.8 Å². The number of nitrogens with one attached hydrogen (secondary N) is 2. The van der Waals surface area contributed by atoms with E-state index in [4.69, 9.17) is 9.47 Å². The first-order valence-electron chi connectivity index (χ1n) is 17.3. The number of carbonyl (C=O) groups excluding carboxylic acids is 4. The second-order valence-electron chi connectivity index (χ2n) is 14.2. The molecule has 3 heterocycles. The fourth-order valence-corrected chi connectivity index (χ4v) is 7.46. The normalized spacial score (nSPS) is 23.1. The van der Waals surface area contributed by atoms with Crippen LogP contribution in [-0.2, 0) is 29.5 Å². The minimum Gasteiger partial charge on any atom is -0.476 e. The summed E-state index contributed by atoms with van der Waals surface area (Å²) in [6.45, 7) is 8.27. The molecule has 2 aromatic rings. The summed E-state index contributed by atoms with van der Waals surface area (Å²) >= 11 is 0. The second kappa shape index (κ2) is 13.9. The highest BCUT2D eigenvalue weighted by Crippen LogP contribution is 2.43. The molecule has 11 heteroatoms. The standard InChI is InChI=1S/C37H49N5O6/c1-25(43)40-18-15-37(16-19-40,28-9-6-5-7-10-28)39-33(44)26-21-27(24-38-23-26)34(45)42(29-11-12-29)30-13-14-32-31(22-30)41(17-8-20-47-4)35(46)36(2,3)48-32/h5-7,9-10,13-14,22,26-27,29,38H,8,11-12,15-21,23-24H2,1-4H3,(H,39,44). The van der Waals surface area contributed by atoms with E-state index in [2.05, 4.69) is 10.6 Å². The molecule has 3 fully saturated rings. The van der Waals surface area contributed by atoms with Crippen LogP contribution in [0.25, 0.3) is 0 Å². The summed E-state index contributed by atoms with van der Waals surface area (Å²) in [7, 11) is 1.64. The van der Waals surface area contributed by atoms with E-state index in [9.17, 15) is 19.2 Å². The molecule has 11 nitrogen and oxygen atoms in total. The molecule has 4 aliphatic rings. The Morgan fingerprint density at radius 3 is 2.42 bits per heavy atom. The zero-order valence-corrected chi connectivity index (χ0v) is 28.6. The molecule has 1 aliphatic carbocycles. The van der Waals surface area contributed by atoms with Crippen LogP contribution in [0.5, 0.6) is 5.75 Å². The van der Waals surface area contributed by atoms with Gasteiger partial charge in [-0.25, -0.2) is 0 Å². The molecule has 258 valence electrons. The van der Waals surface area contributed by atoms with Gasteiger partial charge in [0.1, 0.15) is 5.75 Å². The van der Waals surface area contributed by atoms with Crippen molar-refractivity contribution in [2.45, 2.75) is 76.5 Å². The third-order valence-electron chi connectivity index (χ3n) is 10.3. The summed E-state index contributed by atoms with van der Waals surface area (Å²) in [6.07, 6.45) is 4.18. The van der Waals surface area contributed by atoms with Gasteiger partial charge in [-0.05, 0) is 76.1 Å². The maximum atomic E-state index is 14.3. The monoisotopic (exact) mass is 659 g/mol. The van der Waals surface area contributed by atoms with Crippen LogP contribution in [-0.4, -0.2) is 86.6 Å². The predicted molar refractivity (Wildman–Crippen MR) is 183 cm³/mol. The Labute approximate surface area is 283 Å². The number of nitrogens with zero attached hydrogens (tertiary/aromatic N) is 3. The predicted octanol–water partition coefficient (Wildman–Crippen LogP) is 3.60. The fraction of sp³-hybridized carbons (Fsp3) is 0.568. The van der Waals surface area contributed by atoms with Gasteiger partial charge in [0.2, 0.25) is 17.7 Å². The molecule has 6 rings (SSSR count). The van der Waals surface area contributed by atoms with E-state index < -0.39 is 11.1 Å². The summed E-state index contributed by atoms with van der Waals surface area (Å²) in [5.41, 5.74) is 0.856. The number of fused-ring (bicyclic) bond motifs is 1. The number of rotatable bonds is 10. The van der Waals surface area contributed by atoms with E-state index in [0.29, 0.717) is 76.5 Å². The average molecular weight is 660 g/mol. The maximum Gasteiger partial charge on any atom is 0.270 e. The van der Waals surface area contributed by atoms with Gasteiger partial charge in [0, 0.05) is 65.1 Å². The summed E-state index contributed by atoms with van der Waals surface area (Å²) in [4.78, 5) is 59.3. The van der Waals surface area contributed by atoms with Crippen molar-refractivity contribution in [1.29, 1.82) is 0 Å². The number of ether oxygens (including phenoxy) is 2. The van der Waals surface area contributed by atoms with Crippen LogP contribution in [0, 0.1) is 11.8 Å². The summed E-state index contributed by atoms with van der Waals surface area (Å²) in [6, 6.07) is 15.8. The molecule has 2 aromatic carbocycles. The van der Waals surface area contributed by atoms with Crippen molar-refractivity contribution < 1.29 is 28.7 Å². The number of amides is 4. The van der Waals surface area contributed by atoms with Gasteiger partial charge >= 0.3 is 0 Å². The zero-order valence-electron chi connectivity index (χ0n) is 28.6. The Kier molecular flexibility index (Phi) is 9.81. The number of methoxy groups -OCH3 is 1. The molecule has 0 spiro atoms. The van der Waals surface area contributed by atoms with Crippen LogP contribution < -0.4 is 25.2 Å². The lowest BCUT2D eigenvalue weighted by Gasteiger charge is -2.44. The van der Waals surface area contributed by atoms with Crippen molar-refractivity contribution in [3.63, 3.8) is 0 Å². The van der Waals surface area contributed by atoms with E-state index in [1.807, 2.05) is 58.3 Å². The quantitative estimate of drug-likeness (QED) is 0.374. The van der Waals surface area contributed by atoms with Crippen LogP contribution in [0.15, 0.2) is 48.5 Å². The molecule has 2 N–H and O–H groups in total. The molecular weight excluding hydrogens is 610 g/mol. The van der Waals surface area contributed by atoms with Crippen molar-refractivity contribution in [3.8, 4) is 5.75 Å². The van der Waals surface area contributed by atoms with Gasteiger partial charge in [0.15, 0.2) is 5.60 Å². The molecule has 2 unspecified atom stereocenters. The maximum absolute atomic E-state index is 14.3. The number of anilines is 2. The molecule has 0 radical (unpaired) electrons. The fourth-order valence-electron chi connectivity index (χ4n) is 7.46. The molecule has 4 amide bonds. The first kappa shape index (κ1) is 33.9. The van der Waals surface area contributed by atoms with Gasteiger partial charge < -0.3 is 34.8 Å². The van der Waals surface area contributed by atoms with Crippen LogP contribution in [0.1, 0.15) is 64.9 Å². The molecule has 2 atom stereocenters. The van der Waals surface area contributed by atoms with E-state index >= 15 is 0 Å². The molecule has 1 saturated carbocycles. The van der Waals surface area contributed by atoms with Crippen LogP contribution in [0.2, 0.25) is 0 Å². The smallest absolute Gasteiger partial charge is 0.270 e. The first-order chi connectivity index (χ1) is 23.0. The zero-order chi connectivity index (χ0) is 34.1. The molecule has 48 heavy (non-hydrogen) atoms. The van der Waals surface area contributed by atoms with Gasteiger partial charge in [-0.15, -0.1) is 0 Å². The van der Waals surface area contributed by atoms with Crippen molar-refractivity contribution in [3.05, 3.63) is 54.1 Å². The highest BCUT2D eigenvalue weighted by atomic mass is 16.5. The molecule has 0 aromatic heterocycles. The van der Waals surface area contributed by atoms with Crippen LogP contribution in [0.3, 0.4) is 0 Å². The van der Waals surface area contributed by atoms with Gasteiger partial charge in [0.05, 0.1) is 23.1 Å². The Balaban J connectivity index is 1.20. The Morgan fingerprint density at radius 1 is 1.04 bits per heavy atom. The van der Waals surface area contributed by atoms with E-state index in [1.54, 1.807) is 32.8 Å². The Hall–Kier alpha value is -3.96. The van der Waals surface area contributed by atoms with Gasteiger partial charge in [-0.1, -0.05) is 30.3 Å². The molecular formula is C37H49N5O6. The number of benzene rings is 2. The number of piperidine rings is 2. The highest BCUT2D eigenvalue weighted by molar-refractivity contribution is 6.04. The van der Waals surface area contributed by atoms with Gasteiger partial charge in [-0.2, -0.15) is 0 Å². The van der Waals surface area contributed by atoms with Crippen molar-refractivity contribution in [1.82, 2.24) is 15.5 Å². The first-order valence-corrected chi connectivity index (χ1v) is 17.3. The SMILES string of the molecule is COCCCN1C(=O)C(C)(C)Oc2ccc(N(C(=O)C3CNCC(C(=O)NC4(c5ccccc5)CCN(C(C)=O)CC4)C3)C3CC3)cc21. The summed E-state index contributed by atoms with van der Waals surface area (Å²) in [5.74, 6) is -0.316. The van der Waals surface area contributed by atoms with Gasteiger partial charge in [-0.3, -0.25) is 19.2 Å². The average Bonchev–Trinajstić information content (AvgIpc) is 3.92. The topological polar surface area (TPSA) is 121 Å².